The fourth-order valence-corrected chi connectivity index (χ4v) is 5.29. The largest absolute Gasteiger partial charge is 0.487 e. The number of ether oxygens (including phenoxy) is 2. The number of halogens is 2. The van der Waals surface area contributed by atoms with Gasteiger partial charge in [0.05, 0.1) is 23.1 Å². The first-order valence-electron chi connectivity index (χ1n) is 13.3. The number of hydrogen-bond acceptors (Lipinski definition) is 9. The summed E-state index contributed by atoms with van der Waals surface area (Å²) in [5.74, 6) is -0.883. The Morgan fingerprint density at radius 1 is 1.12 bits per heavy atom. The number of piperazine rings is 1. The van der Waals surface area contributed by atoms with Crippen LogP contribution in [0.25, 0.3) is 16.7 Å². The van der Waals surface area contributed by atoms with Crippen molar-refractivity contribution in [3.05, 3.63) is 39.2 Å². The van der Waals surface area contributed by atoms with Gasteiger partial charge in [-0.1, -0.05) is 39.3 Å². The van der Waals surface area contributed by atoms with Crippen LogP contribution in [-0.4, -0.2) is 73.4 Å². The summed E-state index contributed by atoms with van der Waals surface area (Å²) in [5.41, 5.74) is 0.523. The van der Waals surface area contributed by atoms with Crippen LogP contribution in [0.15, 0.2) is 11.1 Å². The lowest BCUT2D eigenvalue weighted by molar-refractivity contribution is 0.0201. The molecule has 13 heteroatoms. The third-order valence-electron chi connectivity index (χ3n) is 6.89. The molecule has 0 aromatic carbocycles. The van der Waals surface area contributed by atoms with Crippen LogP contribution >= 0.6 is 11.6 Å². The monoisotopic (exact) mass is 573 g/mol. The molecule has 1 fully saturated rings. The lowest BCUT2D eigenvalue weighted by Gasteiger charge is -2.41. The van der Waals surface area contributed by atoms with Crippen molar-refractivity contribution in [1.82, 2.24) is 29.4 Å². The molecule has 0 radical (unpaired) electrons. The summed E-state index contributed by atoms with van der Waals surface area (Å²) in [7, 11) is 0. The molecule has 5 rings (SSSR count). The van der Waals surface area contributed by atoms with E-state index < -0.39 is 34.4 Å². The van der Waals surface area contributed by atoms with Crippen LogP contribution in [0.4, 0.5) is 15.0 Å². The van der Waals surface area contributed by atoms with Crippen LogP contribution in [-0.2, 0) is 4.74 Å². The maximum Gasteiger partial charge on any atom is 0.410 e. The lowest BCUT2D eigenvalue weighted by Crippen LogP contribution is -2.57. The van der Waals surface area contributed by atoms with E-state index in [1.54, 1.807) is 25.7 Å². The minimum absolute atomic E-state index is 0.0269. The molecule has 0 unspecified atom stereocenters. The third kappa shape index (κ3) is 4.82. The minimum Gasteiger partial charge on any atom is -0.487 e. The summed E-state index contributed by atoms with van der Waals surface area (Å²) in [4.78, 5) is 47.9. The van der Waals surface area contributed by atoms with Gasteiger partial charge in [0.25, 0.3) is 0 Å². The first-order valence-corrected chi connectivity index (χ1v) is 13.7. The van der Waals surface area contributed by atoms with Gasteiger partial charge in [0.15, 0.2) is 16.5 Å². The summed E-state index contributed by atoms with van der Waals surface area (Å²) < 4.78 is 28.4. The summed E-state index contributed by atoms with van der Waals surface area (Å²) in [6.45, 7) is 14.1. The van der Waals surface area contributed by atoms with E-state index in [0.717, 1.165) is 0 Å². The molecule has 2 aliphatic heterocycles. The van der Waals surface area contributed by atoms with Gasteiger partial charge >= 0.3 is 11.8 Å². The van der Waals surface area contributed by atoms with Crippen molar-refractivity contribution in [2.45, 2.75) is 71.9 Å². The van der Waals surface area contributed by atoms with Crippen LogP contribution in [0, 0.1) is 5.82 Å². The van der Waals surface area contributed by atoms with Crippen LogP contribution in [0.3, 0.4) is 0 Å². The lowest BCUT2D eigenvalue weighted by atomic mass is 10.0. The Bertz CT molecular complexity index is 1530. The second-order valence-electron chi connectivity index (χ2n) is 11.7. The third-order valence-corrected chi connectivity index (χ3v) is 7.14. The fourth-order valence-electron chi connectivity index (χ4n) is 5.13. The van der Waals surface area contributed by atoms with E-state index >= 15 is 4.39 Å². The number of pyridine rings is 1. The molecule has 3 aromatic rings. The number of fused-ring (bicyclic) bond motifs is 2. The highest BCUT2D eigenvalue weighted by Crippen LogP contribution is 2.41. The van der Waals surface area contributed by atoms with Crippen molar-refractivity contribution in [3.63, 3.8) is 0 Å². The van der Waals surface area contributed by atoms with Crippen molar-refractivity contribution in [3.8, 4) is 11.4 Å². The Labute approximate surface area is 236 Å². The minimum atomic E-state index is -0.844. The molecule has 5 heterocycles. The van der Waals surface area contributed by atoms with E-state index in [9.17, 15) is 9.59 Å². The van der Waals surface area contributed by atoms with Gasteiger partial charge in [-0.3, -0.25) is 0 Å². The van der Waals surface area contributed by atoms with Crippen molar-refractivity contribution in [1.29, 1.82) is 0 Å². The molecule has 0 bridgehead atoms. The van der Waals surface area contributed by atoms with Crippen LogP contribution in [0.2, 0.25) is 5.15 Å². The zero-order valence-corrected chi connectivity index (χ0v) is 24.4. The number of hydrogen-bond donors (Lipinski definition) is 0. The molecule has 11 nitrogen and oxygen atoms in total. The average Bonchev–Trinajstić information content (AvgIpc) is 3.03. The predicted molar refractivity (Wildman–Crippen MR) is 148 cm³/mol. The van der Waals surface area contributed by atoms with Crippen molar-refractivity contribution in [2.24, 2.45) is 0 Å². The molecule has 0 N–H and O–H groups in total. The number of nitrogens with zero attached hydrogens (tertiary/aromatic N) is 7. The average molecular weight is 574 g/mol. The SMILES string of the molecule is CC(C)c1ncnc(C(C)C)c1-n1c(=O)nc2c3c(c(F)c(Cl)nc31)OC[C@H]1CN(C(=O)OC(C)(C)C)CCN21. The highest BCUT2D eigenvalue weighted by molar-refractivity contribution is 6.30. The van der Waals surface area contributed by atoms with E-state index in [1.165, 1.54) is 10.9 Å². The molecular weight excluding hydrogens is 541 g/mol. The second kappa shape index (κ2) is 10.1. The van der Waals surface area contributed by atoms with Gasteiger partial charge < -0.3 is 19.3 Å². The number of carbonyl (C=O) groups is 1. The quantitative estimate of drug-likeness (QED) is 0.420. The number of rotatable bonds is 3. The zero-order chi connectivity index (χ0) is 29.1. The normalized spacial score (nSPS) is 17.2. The Morgan fingerprint density at radius 2 is 1.77 bits per heavy atom. The molecule has 0 spiro atoms. The fraction of sp³-hybridized carbons (Fsp3) is 0.556. The van der Waals surface area contributed by atoms with Crippen LogP contribution in [0.5, 0.6) is 5.75 Å². The van der Waals surface area contributed by atoms with E-state index in [-0.39, 0.29) is 47.6 Å². The van der Waals surface area contributed by atoms with Crippen LogP contribution in [0.1, 0.15) is 71.7 Å². The Balaban J connectivity index is 1.72. The topological polar surface area (TPSA) is 116 Å². The van der Waals surface area contributed by atoms with E-state index in [1.807, 2.05) is 32.6 Å². The highest BCUT2D eigenvalue weighted by atomic mass is 35.5. The van der Waals surface area contributed by atoms with E-state index in [0.29, 0.717) is 30.2 Å². The molecule has 0 aliphatic carbocycles. The number of carbonyl (C=O) groups excluding carboxylic acids is 1. The smallest absolute Gasteiger partial charge is 0.410 e. The number of amides is 1. The second-order valence-corrected chi connectivity index (χ2v) is 12.0. The Kier molecular flexibility index (Phi) is 7.10. The first-order chi connectivity index (χ1) is 18.8. The number of anilines is 1. The number of aromatic nitrogens is 5. The Morgan fingerprint density at radius 3 is 2.38 bits per heavy atom. The van der Waals surface area contributed by atoms with Gasteiger partial charge in [-0.15, -0.1) is 0 Å². The summed E-state index contributed by atoms with van der Waals surface area (Å²) in [6, 6.07) is -0.421. The van der Waals surface area contributed by atoms with Crippen LogP contribution < -0.4 is 15.3 Å². The molecule has 1 saturated heterocycles. The van der Waals surface area contributed by atoms with Crippen molar-refractivity contribution < 1.29 is 18.7 Å². The van der Waals surface area contributed by atoms with E-state index in [2.05, 4.69) is 19.9 Å². The maximum absolute atomic E-state index is 15.5. The maximum atomic E-state index is 15.5. The van der Waals surface area contributed by atoms with E-state index in [4.69, 9.17) is 21.1 Å². The van der Waals surface area contributed by atoms with Gasteiger partial charge in [-0.05, 0) is 32.6 Å². The first kappa shape index (κ1) is 28.0. The molecule has 40 heavy (non-hydrogen) atoms. The standard InChI is InChI=1S/C27H33ClFN7O4/c1-13(2)18-20(19(14(3)4)31-12-30-18)36-24-16-21(17(29)22(28)32-24)39-11-15-10-34(26(38)40-27(5,6)7)8-9-35(15)23(16)33-25(36)37/h12-15H,8-11H2,1-7H3/t15-/m1/s1. The summed E-state index contributed by atoms with van der Waals surface area (Å²) in [5, 5.41) is -0.208. The van der Waals surface area contributed by atoms with Gasteiger partial charge in [0, 0.05) is 19.6 Å². The zero-order valence-electron chi connectivity index (χ0n) is 23.7. The molecular formula is C27H33ClFN7O4. The molecule has 214 valence electrons. The van der Waals surface area contributed by atoms with Gasteiger partial charge in [0.1, 0.15) is 29.7 Å². The molecule has 0 saturated carbocycles. The van der Waals surface area contributed by atoms with Gasteiger partial charge in [-0.25, -0.2) is 29.1 Å². The van der Waals surface area contributed by atoms with Gasteiger partial charge in [-0.2, -0.15) is 9.37 Å². The predicted octanol–water partition coefficient (Wildman–Crippen LogP) is 4.43. The van der Waals surface area contributed by atoms with Crippen molar-refractivity contribution >= 4 is 34.5 Å². The van der Waals surface area contributed by atoms with Gasteiger partial charge in [0.2, 0.25) is 5.82 Å². The summed E-state index contributed by atoms with van der Waals surface area (Å²) >= 11 is 6.28. The van der Waals surface area contributed by atoms with Crippen molar-refractivity contribution in [2.75, 3.05) is 31.1 Å². The Hall–Kier alpha value is -3.54. The summed E-state index contributed by atoms with van der Waals surface area (Å²) in [6.07, 6.45) is 1.02. The molecule has 3 aromatic heterocycles. The molecule has 1 atom stereocenters. The molecule has 1 amide bonds. The molecule has 2 aliphatic rings. The highest BCUT2D eigenvalue weighted by Gasteiger charge is 2.39.